The van der Waals surface area contributed by atoms with Crippen LogP contribution < -0.4 is 169 Å². The van der Waals surface area contributed by atoms with E-state index in [0.717, 1.165) is 12.1 Å². The number of alkyl halides is 3. The second-order valence-corrected chi connectivity index (χ2v) is 9.73. The fourth-order valence-electron chi connectivity index (χ4n) is 2.62. The van der Waals surface area contributed by atoms with Crippen molar-refractivity contribution in [2.75, 3.05) is 0 Å². The van der Waals surface area contributed by atoms with Crippen LogP contribution in [0.3, 0.4) is 0 Å². The second kappa shape index (κ2) is 16.1. The summed E-state index contributed by atoms with van der Waals surface area (Å²) in [5.41, 5.74) is -0.476. The molecule has 0 radical (unpaired) electrons. The molecule has 0 aliphatic rings. The molecule has 1 atom stereocenters. The van der Waals surface area contributed by atoms with Gasteiger partial charge in [-0.3, -0.25) is 0 Å². The minimum Gasteiger partial charge on any atom is -0.810 e. The molecule has 0 saturated heterocycles. The Hall–Kier alpha value is 3.00. The summed E-state index contributed by atoms with van der Waals surface area (Å²) < 4.78 is 88.2. The topological polar surface area (TPSA) is 130 Å². The Labute approximate surface area is 311 Å². The third-order valence-corrected chi connectivity index (χ3v) is 7.34. The molecule has 32 heavy (non-hydrogen) atoms. The summed E-state index contributed by atoms with van der Waals surface area (Å²) in [6.07, 6.45) is -5.34. The monoisotopic (exact) mass is 568 g/mol. The third-order valence-electron chi connectivity index (χ3n) is 3.92. The Morgan fingerprint density at radius 2 is 1.59 bits per heavy atom. The first-order valence-electron chi connectivity index (χ1n) is 8.18. The van der Waals surface area contributed by atoms with Crippen LogP contribution in [0.2, 0.25) is 0 Å². The van der Waals surface area contributed by atoms with Crippen LogP contribution in [0.5, 0.6) is 11.5 Å². The zero-order valence-electron chi connectivity index (χ0n) is 17.7. The third kappa shape index (κ3) is 12.5. The van der Waals surface area contributed by atoms with E-state index in [1.807, 2.05) is 0 Å². The Balaban J connectivity index is 0. The van der Waals surface area contributed by atoms with E-state index < -0.39 is 46.6 Å². The van der Waals surface area contributed by atoms with Gasteiger partial charge in [-0.25, -0.2) is 8.42 Å². The van der Waals surface area contributed by atoms with Gasteiger partial charge in [0.25, 0.3) is 0 Å². The van der Waals surface area contributed by atoms with Crippen LogP contribution in [0.25, 0.3) is 0 Å². The summed E-state index contributed by atoms with van der Waals surface area (Å²) in [6, 6.07) is 10.4. The first-order valence-corrected chi connectivity index (χ1v) is 11.3. The Morgan fingerprint density at radius 1 is 1.00 bits per heavy atom. The van der Waals surface area contributed by atoms with E-state index in [0.29, 0.717) is 5.56 Å². The molecule has 2 rings (SSSR count). The Bertz CT molecular complexity index is 1020. The summed E-state index contributed by atoms with van der Waals surface area (Å²) in [5, 5.41) is 0. The van der Waals surface area contributed by atoms with Crippen molar-refractivity contribution in [1.29, 1.82) is 0 Å². The average molecular weight is 569 g/mol. The van der Waals surface area contributed by atoms with E-state index >= 15 is 0 Å². The minimum atomic E-state index is -5.63. The average Bonchev–Trinajstić information content (AvgIpc) is 2.56. The van der Waals surface area contributed by atoms with Crippen LogP contribution in [-0.2, 0) is 27.3 Å². The second-order valence-electron chi connectivity index (χ2n) is 6.12. The predicted octanol–water partition coefficient (Wildman–Crippen LogP) is -6.38. The van der Waals surface area contributed by atoms with Crippen molar-refractivity contribution in [3.8, 4) is 11.5 Å². The molecule has 0 fully saturated rings. The summed E-state index contributed by atoms with van der Waals surface area (Å²) in [6.45, 7) is 0. The van der Waals surface area contributed by atoms with Crippen molar-refractivity contribution < 1.29 is 199 Å². The number of benzene rings is 2. The fraction of sp³-hybridized carbons (Fsp3) is 0.294. The maximum absolute atomic E-state index is 13.0. The molecule has 160 valence electrons. The van der Waals surface area contributed by atoms with Crippen LogP contribution in [0, 0.1) is 0 Å². The number of rotatable bonds is 8. The van der Waals surface area contributed by atoms with Crippen molar-refractivity contribution in [3.63, 3.8) is 0 Å². The normalized spacial score (nSPS) is 12.6. The van der Waals surface area contributed by atoms with Crippen molar-refractivity contribution in [2.24, 2.45) is 0 Å². The van der Waals surface area contributed by atoms with Gasteiger partial charge in [-0.1, -0.05) is 31.9 Å². The molecule has 0 saturated carbocycles. The first kappa shape index (κ1) is 37.2. The summed E-state index contributed by atoms with van der Waals surface area (Å²) in [7, 11) is -10.9. The van der Waals surface area contributed by atoms with Gasteiger partial charge in [-0.15, -0.1) is 0 Å². The standard InChI is InChI=1S/C17H18F3O7PS.3K/c18-17(19,20)14-8-1-2-9-15(14)27-13-7-3-5-12(11-13)6-4-10-16(28(21,22)23)29(24,25)26;;;/h1-3,5,7-9,11,16H,4,6,10H2,(H2,21,22,23)(H,24,25,26);;;/q;3*+1/p-3. The molecule has 2 aromatic carbocycles. The zero-order valence-corrected chi connectivity index (χ0v) is 28.7. The SMILES string of the molecule is O=P([O-])([O-])C(CCCc1cccc(Oc2ccccc2C(F)(F)F)c1)S(=O)(=O)[O-].[K+].[K+].[K+]. The molecule has 0 bridgehead atoms. The molecular weight excluding hydrogens is 554 g/mol. The van der Waals surface area contributed by atoms with E-state index in [1.165, 1.54) is 30.3 Å². The molecule has 7 nitrogen and oxygen atoms in total. The predicted molar refractivity (Wildman–Crippen MR) is 92.0 cm³/mol. The molecule has 0 aromatic heterocycles. The zero-order chi connectivity index (χ0) is 21.9. The summed E-state index contributed by atoms with van der Waals surface area (Å²) >= 11 is 0. The first-order chi connectivity index (χ1) is 13.3. The van der Waals surface area contributed by atoms with Crippen LogP contribution in [0.15, 0.2) is 48.5 Å². The van der Waals surface area contributed by atoms with E-state index in [9.17, 15) is 40.5 Å². The molecule has 0 heterocycles. The van der Waals surface area contributed by atoms with Crippen LogP contribution in [-0.4, -0.2) is 18.0 Å². The number of aryl methyl sites for hydroxylation is 1. The fourth-order valence-corrected chi connectivity index (χ4v) is 4.84. The number of hydrogen-bond donors (Lipinski definition) is 0. The van der Waals surface area contributed by atoms with Gasteiger partial charge in [-0.2, -0.15) is 13.2 Å². The van der Waals surface area contributed by atoms with Crippen molar-refractivity contribution in [3.05, 3.63) is 59.7 Å². The molecule has 1 unspecified atom stereocenters. The number of ether oxygens (including phenoxy) is 1. The van der Waals surface area contributed by atoms with Crippen LogP contribution in [0.1, 0.15) is 24.0 Å². The quantitative estimate of drug-likeness (QED) is 0.176. The molecule has 0 amide bonds. The molecule has 0 aliphatic carbocycles. The van der Waals surface area contributed by atoms with Gasteiger partial charge in [0.1, 0.15) is 21.6 Å². The number of para-hydroxylation sites is 1. The summed E-state index contributed by atoms with van der Waals surface area (Å²) in [4.78, 5) is 19.4. The largest absolute Gasteiger partial charge is 1.00 e. The van der Waals surface area contributed by atoms with Crippen LogP contribution in [0.4, 0.5) is 13.2 Å². The molecule has 0 N–H and O–H groups in total. The molecule has 0 spiro atoms. The van der Waals surface area contributed by atoms with E-state index in [-0.39, 0.29) is 173 Å². The van der Waals surface area contributed by atoms with E-state index in [4.69, 9.17) is 4.74 Å². The van der Waals surface area contributed by atoms with Crippen LogP contribution >= 0.6 is 7.60 Å². The minimum absolute atomic E-state index is 0. The maximum atomic E-state index is 13.0. The Kier molecular flexibility index (Phi) is 18.7. The van der Waals surface area contributed by atoms with Gasteiger partial charge in [-0.05, 0) is 49.1 Å². The van der Waals surface area contributed by atoms with Gasteiger partial charge in [0.2, 0.25) is 0 Å². The molecular formula is C17H15F3K3O7PS. The Morgan fingerprint density at radius 3 is 2.12 bits per heavy atom. The van der Waals surface area contributed by atoms with Gasteiger partial charge in [0.15, 0.2) is 0 Å². The van der Waals surface area contributed by atoms with Crippen molar-refractivity contribution in [1.82, 2.24) is 0 Å². The molecule has 15 heteroatoms. The number of hydrogen-bond acceptors (Lipinski definition) is 7. The van der Waals surface area contributed by atoms with Gasteiger partial charge in [0.05, 0.1) is 10.6 Å². The van der Waals surface area contributed by atoms with Crippen molar-refractivity contribution in [2.45, 2.75) is 30.4 Å². The van der Waals surface area contributed by atoms with Gasteiger partial charge >= 0.3 is 160 Å². The maximum Gasteiger partial charge on any atom is 1.00 e. The summed E-state index contributed by atoms with van der Waals surface area (Å²) in [5.74, 6) is -0.334. The van der Waals surface area contributed by atoms with E-state index in [2.05, 4.69) is 0 Å². The van der Waals surface area contributed by atoms with E-state index in [1.54, 1.807) is 6.07 Å². The van der Waals surface area contributed by atoms with Gasteiger partial charge < -0.3 is 23.6 Å². The van der Waals surface area contributed by atoms with Crippen molar-refractivity contribution >= 4 is 17.7 Å². The molecule has 2 aromatic rings. The smallest absolute Gasteiger partial charge is 0.810 e. The molecule has 0 aliphatic heterocycles. The van der Waals surface area contributed by atoms with Gasteiger partial charge in [0, 0.05) is 0 Å². The number of halogens is 3.